The first-order valence-electron chi connectivity index (χ1n) is 10.2. The number of hydrogen-bond donors (Lipinski definition) is 3. The van der Waals surface area contributed by atoms with E-state index in [-0.39, 0.29) is 17.2 Å². The number of benzene rings is 3. The van der Waals surface area contributed by atoms with Gasteiger partial charge >= 0.3 is 5.97 Å². The molecule has 0 spiro atoms. The van der Waals surface area contributed by atoms with Gasteiger partial charge in [-0.3, -0.25) is 0 Å². The van der Waals surface area contributed by atoms with Crippen LogP contribution in [-0.2, 0) is 14.8 Å². The summed E-state index contributed by atoms with van der Waals surface area (Å²) < 4.78 is 35.5. The fraction of sp³-hybridized carbons (Fsp3) is 0.208. The summed E-state index contributed by atoms with van der Waals surface area (Å²) in [4.78, 5) is 11.1. The second-order valence-corrected chi connectivity index (χ2v) is 9.73. The van der Waals surface area contributed by atoms with E-state index < -0.39 is 34.2 Å². The maximum Gasteiger partial charge on any atom is 0.328 e. The van der Waals surface area contributed by atoms with E-state index >= 15 is 0 Å². The molecular weight excluding hydrogens is 430 g/mol. The lowest BCUT2D eigenvalue weighted by Gasteiger charge is -2.22. The van der Waals surface area contributed by atoms with Gasteiger partial charge in [0.2, 0.25) is 10.0 Å². The first-order chi connectivity index (χ1) is 15.3. The molecule has 1 heterocycles. The van der Waals surface area contributed by atoms with E-state index in [1.165, 1.54) is 6.08 Å². The number of aliphatic hydroxyl groups is 1. The van der Waals surface area contributed by atoms with Gasteiger partial charge in [-0.1, -0.05) is 54.6 Å². The minimum absolute atomic E-state index is 0.156. The van der Waals surface area contributed by atoms with Gasteiger partial charge in [-0.15, -0.1) is 0 Å². The average Bonchev–Trinajstić information content (AvgIpc) is 3.27. The van der Waals surface area contributed by atoms with Crippen LogP contribution in [0.15, 0.2) is 71.6 Å². The molecule has 1 saturated carbocycles. The Labute approximate surface area is 185 Å². The van der Waals surface area contributed by atoms with Gasteiger partial charge in [-0.05, 0) is 17.5 Å². The van der Waals surface area contributed by atoms with Crippen LogP contribution in [-0.4, -0.2) is 42.8 Å². The number of carbonyl (C=O) groups is 1. The Balaban J connectivity index is 1.51. The summed E-state index contributed by atoms with van der Waals surface area (Å²) in [7, 11) is -3.93. The monoisotopic (exact) mass is 451 g/mol. The van der Waals surface area contributed by atoms with E-state index in [2.05, 4.69) is 4.72 Å². The minimum Gasteiger partial charge on any atom is -0.489 e. The standard InChI is InChI=1S/C24H21NO6S/c26-18-13-19-22(17-9-3-7-15(24(17)31-19)11-12-21(27)28)23(18)25-32(29,30)20-10-4-6-14-5-1-2-8-16(14)20/h1-12,18-19,22-23,25-26H,13H2,(H,27,28)/b12-11+. The lowest BCUT2D eigenvalue weighted by molar-refractivity contribution is -0.131. The Bertz CT molecular complexity index is 1340. The fourth-order valence-corrected chi connectivity index (χ4v) is 6.28. The molecule has 1 aliphatic heterocycles. The van der Waals surface area contributed by atoms with Gasteiger partial charge in [-0.2, -0.15) is 0 Å². The zero-order chi connectivity index (χ0) is 22.5. The van der Waals surface area contributed by atoms with Crippen molar-refractivity contribution in [3.63, 3.8) is 0 Å². The first kappa shape index (κ1) is 20.7. The summed E-state index contributed by atoms with van der Waals surface area (Å²) in [5.74, 6) is -0.930. The van der Waals surface area contributed by atoms with Crippen LogP contribution in [0.4, 0.5) is 0 Å². The molecule has 0 aromatic heterocycles. The summed E-state index contributed by atoms with van der Waals surface area (Å²) in [5.41, 5.74) is 1.36. The number of fused-ring (bicyclic) bond motifs is 4. The van der Waals surface area contributed by atoms with E-state index in [9.17, 15) is 18.3 Å². The molecule has 164 valence electrons. The van der Waals surface area contributed by atoms with Gasteiger partial charge in [0.25, 0.3) is 0 Å². The SMILES string of the molecule is O=C(O)/C=C/c1cccc2c1OC1CC(O)C(NS(=O)(=O)c3cccc4ccccc34)C21. The zero-order valence-electron chi connectivity index (χ0n) is 16.9. The van der Waals surface area contributed by atoms with E-state index in [1.54, 1.807) is 36.4 Å². The quantitative estimate of drug-likeness (QED) is 0.514. The molecule has 5 rings (SSSR count). The molecule has 8 heteroatoms. The Morgan fingerprint density at radius 1 is 1.06 bits per heavy atom. The van der Waals surface area contributed by atoms with Crippen LogP contribution < -0.4 is 9.46 Å². The van der Waals surface area contributed by atoms with Crippen molar-refractivity contribution in [2.75, 3.05) is 0 Å². The van der Waals surface area contributed by atoms with Crippen molar-refractivity contribution in [1.29, 1.82) is 0 Å². The largest absolute Gasteiger partial charge is 0.489 e. The number of sulfonamides is 1. The molecule has 0 saturated heterocycles. The summed E-state index contributed by atoms with van der Waals surface area (Å²) in [5, 5.41) is 21.0. The fourth-order valence-electron chi connectivity index (χ4n) is 4.76. The first-order valence-corrected chi connectivity index (χ1v) is 11.7. The van der Waals surface area contributed by atoms with E-state index in [0.29, 0.717) is 16.7 Å². The van der Waals surface area contributed by atoms with Crippen molar-refractivity contribution in [1.82, 2.24) is 4.72 Å². The molecule has 32 heavy (non-hydrogen) atoms. The molecule has 0 radical (unpaired) electrons. The van der Waals surface area contributed by atoms with Crippen LogP contribution in [0, 0.1) is 0 Å². The molecule has 2 aliphatic rings. The number of para-hydroxylation sites is 1. The third-order valence-corrected chi connectivity index (χ3v) is 7.63. The predicted molar refractivity (Wildman–Crippen MR) is 119 cm³/mol. The number of carboxylic acid groups (broad SMARTS) is 1. The van der Waals surface area contributed by atoms with Crippen LogP contribution in [0.2, 0.25) is 0 Å². The van der Waals surface area contributed by atoms with Crippen molar-refractivity contribution >= 4 is 32.8 Å². The van der Waals surface area contributed by atoms with Gasteiger partial charge < -0.3 is 14.9 Å². The molecule has 3 aromatic rings. The number of carboxylic acids is 1. The number of ether oxygens (including phenoxy) is 1. The molecule has 0 amide bonds. The molecule has 3 N–H and O–H groups in total. The predicted octanol–water partition coefficient (Wildman–Crippen LogP) is 2.89. The number of aliphatic carboxylic acids is 1. The maximum atomic E-state index is 13.4. The molecule has 7 nitrogen and oxygen atoms in total. The highest BCUT2D eigenvalue weighted by Gasteiger charge is 2.51. The van der Waals surface area contributed by atoms with Crippen LogP contribution >= 0.6 is 0 Å². The van der Waals surface area contributed by atoms with Crippen LogP contribution in [0.3, 0.4) is 0 Å². The van der Waals surface area contributed by atoms with E-state index in [1.807, 2.05) is 24.3 Å². The Morgan fingerprint density at radius 2 is 1.81 bits per heavy atom. The van der Waals surface area contributed by atoms with Gasteiger partial charge in [-0.25, -0.2) is 17.9 Å². The van der Waals surface area contributed by atoms with Gasteiger partial charge in [0.05, 0.1) is 17.0 Å². The minimum atomic E-state index is -3.93. The molecule has 3 aromatic carbocycles. The molecule has 1 aliphatic carbocycles. The van der Waals surface area contributed by atoms with Crippen LogP contribution in [0.25, 0.3) is 16.8 Å². The summed E-state index contributed by atoms with van der Waals surface area (Å²) in [6.45, 7) is 0. The van der Waals surface area contributed by atoms with Gasteiger partial charge in [0.1, 0.15) is 11.9 Å². The third-order valence-electron chi connectivity index (χ3n) is 6.12. The van der Waals surface area contributed by atoms with Gasteiger partial charge in [0.15, 0.2) is 0 Å². The molecule has 0 bridgehead atoms. The lowest BCUT2D eigenvalue weighted by atomic mass is 9.93. The topological polar surface area (TPSA) is 113 Å². The smallest absolute Gasteiger partial charge is 0.328 e. The Hall–Kier alpha value is -3.20. The molecule has 4 unspecified atom stereocenters. The van der Waals surface area contributed by atoms with Crippen LogP contribution in [0.1, 0.15) is 23.5 Å². The van der Waals surface area contributed by atoms with Crippen LogP contribution in [0.5, 0.6) is 5.75 Å². The van der Waals surface area contributed by atoms with Crippen molar-refractivity contribution in [3.8, 4) is 5.75 Å². The maximum absolute atomic E-state index is 13.4. The van der Waals surface area contributed by atoms with Crippen molar-refractivity contribution in [2.24, 2.45) is 0 Å². The summed E-state index contributed by atoms with van der Waals surface area (Å²) in [6, 6.07) is 16.9. The lowest BCUT2D eigenvalue weighted by Crippen LogP contribution is -2.43. The summed E-state index contributed by atoms with van der Waals surface area (Å²) >= 11 is 0. The van der Waals surface area contributed by atoms with E-state index in [0.717, 1.165) is 17.0 Å². The highest BCUT2D eigenvalue weighted by Crippen LogP contribution is 2.49. The average molecular weight is 452 g/mol. The second kappa shape index (κ2) is 7.74. The van der Waals surface area contributed by atoms with Gasteiger partial charge in [0, 0.05) is 34.9 Å². The van der Waals surface area contributed by atoms with Crippen molar-refractivity contribution < 1.29 is 28.2 Å². The molecule has 4 atom stereocenters. The normalized spacial score (nSPS) is 24.4. The number of rotatable bonds is 5. The van der Waals surface area contributed by atoms with Crippen molar-refractivity contribution in [3.05, 3.63) is 77.9 Å². The number of nitrogens with one attached hydrogen (secondary N) is 1. The highest BCUT2D eigenvalue weighted by atomic mass is 32.2. The number of aliphatic hydroxyl groups excluding tert-OH is 1. The molecular formula is C24H21NO6S. The Kier molecular flexibility index (Phi) is 5.00. The number of hydrogen-bond acceptors (Lipinski definition) is 5. The molecule has 1 fully saturated rings. The van der Waals surface area contributed by atoms with Crippen molar-refractivity contribution in [2.45, 2.75) is 35.5 Å². The Morgan fingerprint density at radius 3 is 2.62 bits per heavy atom. The second-order valence-electron chi connectivity index (χ2n) is 8.05. The zero-order valence-corrected chi connectivity index (χ0v) is 17.7. The van der Waals surface area contributed by atoms with E-state index in [4.69, 9.17) is 9.84 Å². The third kappa shape index (κ3) is 3.46. The highest BCUT2D eigenvalue weighted by molar-refractivity contribution is 7.89. The summed E-state index contributed by atoms with van der Waals surface area (Å²) in [6.07, 6.45) is 1.43.